The molecular weight excluding hydrogens is 294 g/mol. The molecule has 0 aliphatic heterocycles. The van der Waals surface area contributed by atoms with Gasteiger partial charge in [0.1, 0.15) is 6.34 Å². The van der Waals surface area contributed by atoms with Gasteiger partial charge >= 0.3 is 0 Å². The quantitative estimate of drug-likeness (QED) is 0.168. The molecule has 0 atom stereocenters. The lowest BCUT2D eigenvalue weighted by atomic mass is 10.1. The van der Waals surface area contributed by atoms with Gasteiger partial charge in [0.15, 0.2) is 5.84 Å². The maximum absolute atomic E-state index is 11.3. The Morgan fingerprint density at radius 1 is 1.26 bits per heavy atom. The summed E-state index contributed by atoms with van der Waals surface area (Å²) < 4.78 is 0. The van der Waals surface area contributed by atoms with Crippen molar-refractivity contribution in [1.82, 2.24) is 5.32 Å². The van der Waals surface area contributed by atoms with Crippen molar-refractivity contribution in [3.63, 3.8) is 0 Å². The van der Waals surface area contributed by atoms with Crippen LogP contribution in [0.4, 0.5) is 0 Å². The molecule has 8 nitrogen and oxygen atoms in total. The van der Waals surface area contributed by atoms with Crippen LogP contribution in [0.1, 0.15) is 30.9 Å². The fourth-order valence-corrected chi connectivity index (χ4v) is 1.46. The van der Waals surface area contributed by atoms with E-state index >= 15 is 0 Å². The molecule has 0 aliphatic rings. The number of nitrogens with two attached hydrogens (primary N) is 4. The summed E-state index contributed by atoms with van der Waals surface area (Å²) in [6.07, 6.45) is 2.47. The first-order valence-electron chi connectivity index (χ1n) is 6.93. The van der Waals surface area contributed by atoms with E-state index in [1.54, 1.807) is 0 Å². The summed E-state index contributed by atoms with van der Waals surface area (Å²) in [5.41, 5.74) is 12.5. The van der Waals surface area contributed by atoms with Crippen molar-refractivity contribution in [2.75, 3.05) is 0 Å². The van der Waals surface area contributed by atoms with Gasteiger partial charge in [-0.1, -0.05) is 31.2 Å². The summed E-state index contributed by atoms with van der Waals surface area (Å²) in [6.45, 7) is 8.48. The van der Waals surface area contributed by atoms with E-state index in [1.807, 2.05) is 31.2 Å². The first-order chi connectivity index (χ1) is 11.2. The topological polar surface area (TPSA) is 158 Å². The third-order valence-electron chi connectivity index (χ3n) is 2.45. The Balaban J connectivity index is 0. The number of hydrogen-bond donors (Lipinski definition) is 5. The Morgan fingerprint density at radius 2 is 1.83 bits per heavy atom. The zero-order valence-corrected chi connectivity index (χ0v) is 13.5. The number of amidine groups is 1. The molecule has 0 aromatic heterocycles. The number of carbonyl (C=O) groups excluding carboxylic acids is 1. The minimum Gasteiger partial charge on any atom is -0.388 e. The number of rotatable bonds is 6. The van der Waals surface area contributed by atoms with Crippen LogP contribution in [-0.4, -0.2) is 18.1 Å². The molecule has 1 rings (SSSR count). The summed E-state index contributed by atoms with van der Waals surface area (Å²) in [7, 11) is 0. The van der Waals surface area contributed by atoms with E-state index in [2.05, 4.69) is 40.4 Å². The summed E-state index contributed by atoms with van der Waals surface area (Å²) >= 11 is 0. The molecule has 0 saturated carbocycles. The fourth-order valence-electron chi connectivity index (χ4n) is 1.46. The van der Waals surface area contributed by atoms with Crippen molar-refractivity contribution < 1.29 is 4.79 Å². The van der Waals surface area contributed by atoms with Gasteiger partial charge in [-0.3, -0.25) is 16.5 Å². The second-order valence-electron chi connectivity index (χ2n) is 3.97. The van der Waals surface area contributed by atoms with E-state index in [0.717, 1.165) is 23.9 Å². The van der Waals surface area contributed by atoms with Gasteiger partial charge in [0.05, 0.1) is 0 Å². The van der Waals surface area contributed by atoms with Crippen molar-refractivity contribution in [2.24, 2.45) is 33.4 Å². The van der Waals surface area contributed by atoms with Crippen LogP contribution in [-0.2, 0) is 11.3 Å². The van der Waals surface area contributed by atoms with Gasteiger partial charge in [0, 0.05) is 18.5 Å². The molecule has 0 heterocycles. The van der Waals surface area contributed by atoms with E-state index in [1.165, 1.54) is 0 Å². The van der Waals surface area contributed by atoms with Crippen molar-refractivity contribution in [2.45, 2.75) is 26.3 Å². The SMILES string of the molecule is C=C.CCCC(=O)NCc1ccc(/C(N)=N/N=C\N)cc1.NN. The van der Waals surface area contributed by atoms with Crippen LogP contribution in [0.5, 0.6) is 0 Å². The van der Waals surface area contributed by atoms with E-state index < -0.39 is 0 Å². The molecule has 0 bridgehead atoms. The molecule has 8 heteroatoms. The third kappa shape index (κ3) is 10.6. The van der Waals surface area contributed by atoms with E-state index in [-0.39, 0.29) is 5.91 Å². The van der Waals surface area contributed by atoms with Gasteiger partial charge in [-0.25, -0.2) is 0 Å². The lowest BCUT2D eigenvalue weighted by Gasteiger charge is -2.05. The first kappa shape index (κ1) is 22.6. The van der Waals surface area contributed by atoms with Crippen molar-refractivity contribution >= 4 is 18.1 Å². The van der Waals surface area contributed by atoms with Crippen LogP contribution in [0, 0.1) is 0 Å². The first-order valence-corrected chi connectivity index (χ1v) is 6.93. The molecule has 1 amide bonds. The largest absolute Gasteiger partial charge is 0.388 e. The number of amides is 1. The van der Waals surface area contributed by atoms with Crippen molar-refractivity contribution in [3.8, 4) is 0 Å². The van der Waals surface area contributed by atoms with Crippen molar-refractivity contribution in [1.29, 1.82) is 0 Å². The standard InChI is InChI=1S/C13H19N5O.C2H4.H4N2/c1-2-3-12(19)16-8-10-4-6-11(7-5-10)13(15)18-17-9-14;2*1-2/h4-7,9H,2-3,8H2,1H3,(H2,14,17)(H2,15,18)(H,16,19);2*1-2H2. The van der Waals surface area contributed by atoms with Crippen LogP contribution in [0.25, 0.3) is 0 Å². The summed E-state index contributed by atoms with van der Waals surface area (Å²) in [5, 5.41) is 10.1. The van der Waals surface area contributed by atoms with E-state index in [9.17, 15) is 4.79 Å². The second kappa shape index (κ2) is 15.7. The molecule has 0 fully saturated rings. The molecule has 0 saturated heterocycles. The summed E-state index contributed by atoms with van der Waals surface area (Å²) in [5.74, 6) is 8.35. The third-order valence-corrected chi connectivity index (χ3v) is 2.45. The average Bonchev–Trinajstić information content (AvgIpc) is 2.62. The maximum atomic E-state index is 11.3. The molecule has 0 radical (unpaired) electrons. The number of carbonyl (C=O) groups is 1. The molecule has 0 spiro atoms. The zero-order valence-electron chi connectivity index (χ0n) is 13.5. The average molecular weight is 321 g/mol. The van der Waals surface area contributed by atoms with Crippen LogP contribution in [0.2, 0.25) is 0 Å². The lowest BCUT2D eigenvalue weighted by molar-refractivity contribution is -0.121. The van der Waals surface area contributed by atoms with Crippen molar-refractivity contribution in [3.05, 3.63) is 48.6 Å². The highest BCUT2D eigenvalue weighted by atomic mass is 16.1. The van der Waals surface area contributed by atoms with Gasteiger partial charge in [0.25, 0.3) is 0 Å². The number of hydrazine groups is 1. The summed E-state index contributed by atoms with van der Waals surface area (Å²) in [4.78, 5) is 11.3. The highest BCUT2D eigenvalue weighted by Crippen LogP contribution is 2.04. The number of nitrogens with zero attached hydrogens (tertiary/aromatic N) is 2. The highest BCUT2D eigenvalue weighted by Gasteiger charge is 2.01. The lowest BCUT2D eigenvalue weighted by Crippen LogP contribution is -2.22. The number of hydrogen-bond acceptors (Lipinski definition) is 5. The predicted molar refractivity (Wildman–Crippen MR) is 96.2 cm³/mol. The van der Waals surface area contributed by atoms with E-state index in [4.69, 9.17) is 11.5 Å². The van der Waals surface area contributed by atoms with Crippen LogP contribution in [0.3, 0.4) is 0 Å². The Kier molecular flexibility index (Phi) is 15.4. The zero-order chi connectivity index (χ0) is 18.1. The normalized spacial score (nSPS) is 10.1. The fraction of sp³-hybridized carbons (Fsp3) is 0.267. The number of benzene rings is 1. The predicted octanol–water partition coefficient (Wildman–Crippen LogP) is 0.331. The van der Waals surface area contributed by atoms with Gasteiger partial charge in [-0.2, -0.15) is 0 Å². The number of nitrogens with one attached hydrogen (secondary N) is 1. The monoisotopic (exact) mass is 321 g/mol. The summed E-state index contributed by atoms with van der Waals surface area (Å²) in [6, 6.07) is 7.42. The Hall–Kier alpha value is -2.71. The molecule has 23 heavy (non-hydrogen) atoms. The Morgan fingerprint density at radius 3 is 2.30 bits per heavy atom. The van der Waals surface area contributed by atoms with Gasteiger partial charge in [-0.15, -0.1) is 23.4 Å². The van der Waals surface area contributed by atoms with Gasteiger partial charge < -0.3 is 16.8 Å². The minimum absolute atomic E-state index is 0.0601. The highest BCUT2D eigenvalue weighted by molar-refractivity contribution is 5.97. The molecule has 128 valence electrons. The Bertz CT molecular complexity index is 483. The molecule has 1 aromatic rings. The van der Waals surface area contributed by atoms with Crippen LogP contribution in [0.15, 0.2) is 47.6 Å². The van der Waals surface area contributed by atoms with Crippen LogP contribution >= 0.6 is 0 Å². The Labute approximate surface area is 137 Å². The maximum Gasteiger partial charge on any atom is 0.220 e. The smallest absolute Gasteiger partial charge is 0.220 e. The molecule has 0 aliphatic carbocycles. The minimum atomic E-state index is 0.0601. The molecule has 9 N–H and O–H groups in total. The molecule has 1 aromatic carbocycles. The van der Waals surface area contributed by atoms with E-state index in [0.29, 0.717) is 18.8 Å². The van der Waals surface area contributed by atoms with Crippen LogP contribution < -0.4 is 28.5 Å². The van der Waals surface area contributed by atoms with Gasteiger partial charge in [-0.05, 0) is 12.0 Å². The molecular formula is C15H27N7O. The second-order valence-corrected chi connectivity index (χ2v) is 3.97. The molecule has 0 unspecified atom stereocenters. The van der Waals surface area contributed by atoms with Gasteiger partial charge in [0.2, 0.25) is 5.91 Å².